The van der Waals surface area contributed by atoms with E-state index in [-0.39, 0.29) is 18.1 Å². The molecule has 1 saturated heterocycles. The van der Waals surface area contributed by atoms with Crippen molar-refractivity contribution in [3.63, 3.8) is 0 Å². The summed E-state index contributed by atoms with van der Waals surface area (Å²) < 4.78 is 11.2. The molecule has 3 heteroatoms. The lowest BCUT2D eigenvalue weighted by molar-refractivity contribution is -0.0933. The zero-order valence-electron chi connectivity index (χ0n) is 10.9. The van der Waals surface area contributed by atoms with Crippen LogP contribution in [0, 0.1) is 11.8 Å². The molecule has 100 valence electrons. The minimum absolute atomic E-state index is 0.0343. The third kappa shape index (κ3) is 3.43. The van der Waals surface area contributed by atoms with Gasteiger partial charge in [-0.2, -0.15) is 0 Å². The highest BCUT2D eigenvalue weighted by Crippen LogP contribution is 2.32. The summed E-state index contributed by atoms with van der Waals surface area (Å²) in [7, 11) is 0. The largest absolute Gasteiger partial charge is 0.390 e. The molecule has 0 aromatic heterocycles. The van der Waals surface area contributed by atoms with Crippen molar-refractivity contribution >= 4 is 0 Å². The number of hydrogen-bond donors (Lipinski definition) is 1. The Bertz CT molecular complexity index is 208. The number of aliphatic hydroxyl groups excluding tert-OH is 1. The fraction of sp³-hybridized carbons (Fsp3) is 1.00. The smallest absolute Gasteiger partial charge is 0.0865 e. The predicted molar refractivity (Wildman–Crippen MR) is 66.9 cm³/mol. The molecule has 1 saturated carbocycles. The molecule has 17 heavy (non-hydrogen) atoms. The molecule has 3 nitrogen and oxygen atoms in total. The van der Waals surface area contributed by atoms with E-state index in [1.54, 1.807) is 0 Å². The number of rotatable bonds is 5. The van der Waals surface area contributed by atoms with Crippen LogP contribution in [0.2, 0.25) is 0 Å². The van der Waals surface area contributed by atoms with Crippen molar-refractivity contribution in [2.24, 2.45) is 11.8 Å². The monoisotopic (exact) mass is 242 g/mol. The lowest BCUT2D eigenvalue weighted by atomic mass is 9.80. The molecular formula is C14H26O3. The average molecular weight is 242 g/mol. The molecule has 1 aliphatic heterocycles. The van der Waals surface area contributed by atoms with Crippen LogP contribution in [0.25, 0.3) is 0 Å². The highest BCUT2D eigenvalue weighted by Gasteiger charge is 2.36. The van der Waals surface area contributed by atoms with E-state index < -0.39 is 0 Å². The molecular weight excluding hydrogens is 216 g/mol. The van der Waals surface area contributed by atoms with Crippen LogP contribution in [0.4, 0.5) is 0 Å². The van der Waals surface area contributed by atoms with Crippen LogP contribution in [0.5, 0.6) is 0 Å². The first-order valence-electron chi connectivity index (χ1n) is 7.20. The van der Waals surface area contributed by atoms with Gasteiger partial charge >= 0.3 is 0 Å². The summed E-state index contributed by atoms with van der Waals surface area (Å²) >= 11 is 0. The van der Waals surface area contributed by atoms with Crippen molar-refractivity contribution in [3.8, 4) is 0 Å². The van der Waals surface area contributed by atoms with E-state index in [4.69, 9.17) is 9.47 Å². The topological polar surface area (TPSA) is 38.7 Å². The standard InChI is InChI=1S/C14H26O3/c1-2-17-14(11-6-4-3-5-7-11)13(15)12-8-9-16-10-12/h11-15H,2-10H2,1H3. The summed E-state index contributed by atoms with van der Waals surface area (Å²) in [5.74, 6) is 0.841. The first-order valence-corrected chi connectivity index (χ1v) is 7.20. The molecule has 0 bridgehead atoms. The molecule has 3 unspecified atom stereocenters. The van der Waals surface area contributed by atoms with Gasteiger partial charge in [0.05, 0.1) is 18.8 Å². The molecule has 1 aliphatic carbocycles. The third-order valence-electron chi connectivity index (χ3n) is 4.26. The Morgan fingerprint density at radius 3 is 2.53 bits per heavy atom. The molecule has 2 aliphatic rings. The van der Waals surface area contributed by atoms with Crippen molar-refractivity contribution in [2.45, 2.75) is 57.7 Å². The van der Waals surface area contributed by atoms with Gasteiger partial charge in [-0.1, -0.05) is 19.3 Å². The van der Waals surface area contributed by atoms with Gasteiger partial charge in [0.2, 0.25) is 0 Å². The van der Waals surface area contributed by atoms with E-state index in [0.717, 1.165) is 13.0 Å². The summed E-state index contributed by atoms with van der Waals surface area (Å²) in [5.41, 5.74) is 0. The van der Waals surface area contributed by atoms with Crippen molar-refractivity contribution in [3.05, 3.63) is 0 Å². The average Bonchev–Trinajstić information content (AvgIpc) is 2.90. The van der Waals surface area contributed by atoms with Gasteiger partial charge in [0.1, 0.15) is 0 Å². The molecule has 0 spiro atoms. The number of aliphatic hydroxyl groups is 1. The quantitative estimate of drug-likeness (QED) is 0.804. The molecule has 0 aromatic rings. The third-order valence-corrected chi connectivity index (χ3v) is 4.26. The van der Waals surface area contributed by atoms with Gasteiger partial charge in [-0.05, 0) is 32.1 Å². The second-order valence-corrected chi connectivity index (χ2v) is 5.43. The Hall–Kier alpha value is -0.120. The highest BCUT2D eigenvalue weighted by molar-refractivity contribution is 4.85. The molecule has 2 fully saturated rings. The molecule has 0 aromatic carbocycles. The van der Waals surface area contributed by atoms with E-state index in [9.17, 15) is 5.11 Å². The fourth-order valence-corrected chi connectivity index (χ4v) is 3.26. The fourth-order valence-electron chi connectivity index (χ4n) is 3.26. The molecule has 3 atom stereocenters. The maximum Gasteiger partial charge on any atom is 0.0865 e. The van der Waals surface area contributed by atoms with Crippen molar-refractivity contribution < 1.29 is 14.6 Å². The Labute approximate surface area is 104 Å². The van der Waals surface area contributed by atoms with Crippen LogP contribution >= 0.6 is 0 Å². The summed E-state index contributed by atoms with van der Waals surface area (Å²) in [6.45, 7) is 4.22. The maximum absolute atomic E-state index is 10.5. The number of ether oxygens (including phenoxy) is 2. The van der Waals surface area contributed by atoms with E-state index >= 15 is 0 Å². The van der Waals surface area contributed by atoms with Gasteiger partial charge in [0, 0.05) is 19.1 Å². The van der Waals surface area contributed by atoms with Gasteiger partial charge in [-0.3, -0.25) is 0 Å². The lowest BCUT2D eigenvalue weighted by Gasteiger charge is -2.35. The first kappa shape index (κ1) is 13.3. The zero-order valence-corrected chi connectivity index (χ0v) is 10.9. The highest BCUT2D eigenvalue weighted by atomic mass is 16.5. The van der Waals surface area contributed by atoms with E-state index in [0.29, 0.717) is 19.1 Å². The van der Waals surface area contributed by atoms with Crippen molar-refractivity contribution in [1.82, 2.24) is 0 Å². The van der Waals surface area contributed by atoms with E-state index in [2.05, 4.69) is 0 Å². The second kappa shape index (κ2) is 6.72. The summed E-state index contributed by atoms with van der Waals surface area (Å²) in [6.07, 6.45) is 7.05. The van der Waals surface area contributed by atoms with Crippen LogP contribution in [0.3, 0.4) is 0 Å². The van der Waals surface area contributed by atoms with Crippen LogP contribution in [-0.2, 0) is 9.47 Å². The van der Waals surface area contributed by atoms with Crippen LogP contribution < -0.4 is 0 Å². The van der Waals surface area contributed by atoms with Gasteiger partial charge in [-0.25, -0.2) is 0 Å². The molecule has 1 heterocycles. The summed E-state index contributed by atoms with van der Waals surface area (Å²) in [4.78, 5) is 0. The van der Waals surface area contributed by atoms with Gasteiger partial charge in [0.25, 0.3) is 0 Å². The first-order chi connectivity index (χ1) is 8.33. The van der Waals surface area contributed by atoms with E-state index in [1.807, 2.05) is 6.92 Å². The molecule has 2 rings (SSSR count). The second-order valence-electron chi connectivity index (χ2n) is 5.43. The van der Waals surface area contributed by atoms with Gasteiger partial charge in [0.15, 0.2) is 0 Å². The molecule has 1 N–H and O–H groups in total. The summed E-state index contributed by atoms with van der Waals surface area (Å²) in [5, 5.41) is 10.5. The van der Waals surface area contributed by atoms with Crippen LogP contribution in [0.15, 0.2) is 0 Å². The SMILES string of the molecule is CCOC(C1CCCCC1)C(O)C1CCOC1. The maximum atomic E-state index is 10.5. The van der Waals surface area contributed by atoms with Crippen LogP contribution in [-0.4, -0.2) is 37.1 Å². The predicted octanol–water partition coefficient (Wildman–Crippen LogP) is 2.37. The zero-order chi connectivity index (χ0) is 12.1. The van der Waals surface area contributed by atoms with Gasteiger partial charge in [-0.15, -0.1) is 0 Å². The normalized spacial score (nSPS) is 30.4. The summed E-state index contributed by atoms with van der Waals surface area (Å²) in [6, 6.07) is 0. The Morgan fingerprint density at radius 1 is 1.18 bits per heavy atom. The lowest BCUT2D eigenvalue weighted by Crippen LogP contribution is -2.42. The minimum Gasteiger partial charge on any atom is -0.390 e. The van der Waals surface area contributed by atoms with Crippen LogP contribution in [0.1, 0.15) is 45.4 Å². The Morgan fingerprint density at radius 2 is 1.94 bits per heavy atom. The van der Waals surface area contributed by atoms with Crippen molar-refractivity contribution in [2.75, 3.05) is 19.8 Å². The molecule has 0 radical (unpaired) electrons. The molecule has 0 amide bonds. The Balaban J connectivity index is 1.93. The minimum atomic E-state index is -0.333. The van der Waals surface area contributed by atoms with Gasteiger partial charge < -0.3 is 14.6 Å². The Kier molecular flexibility index (Phi) is 5.26. The van der Waals surface area contributed by atoms with E-state index in [1.165, 1.54) is 32.1 Å². The van der Waals surface area contributed by atoms with Crippen molar-refractivity contribution in [1.29, 1.82) is 0 Å². The number of hydrogen-bond acceptors (Lipinski definition) is 3.